The molecule has 7 heteroatoms. The largest absolute Gasteiger partial charge is 0.350 e. The SMILES string of the molecule is O=C(CC[C@@]1(Cc2ccsc2)CCC(=O)N1)NCc1csc(-c2ccccc2)n1. The lowest BCUT2D eigenvalue weighted by Gasteiger charge is -2.29. The average Bonchev–Trinajstić information content (AvgIpc) is 3.48. The maximum Gasteiger partial charge on any atom is 0.220 e. The molecule has 1 saturated heterocycles. The van der Waals surface area contributed by atoms with Crippen molar-refractivity contribution in [3.63, 3.8) is 0 Å². The first-order valence-corrected chi connectivity index (χ1v) is 11.5. The van der Waals surface area contributed by atoms with Gasteiger partial charge in [0.15, 0.2) is 0 Å². The molecule has 2 N–H and O–H groups in total. The molecule has 0 radical (unpaired) electrons. The molecule has 29 heavy (non-hydrogen) atoms. The summed E-state index contributed by atoms with van der Waals surface area (Å²) in [4.78, 5) is 28.9. The van der Waals surface area contributed by atoms with Crippen LogP contribution in [0.1, 0.15) is 36.9 Å². The van der Waals surface area contributed by atoms with Gasteiger partial charge in [0, 0.05) is 29.3 Å². The highest BCUT2D eigenvalue weighted by molar-refractivity contribution is 7.13. The fraction of sp³-hybridized carbons (Fsp3) is 0.318. The summed E-state index contributed by atoms with van der Waals surface area (Å²) >= 11 is 3.24. The summed E-state index contributed by atoms with van der Waals surface area (Å²) in [6, 6.07) is 12.1. The maximum atomic E-state index is 12.4. The highest BCUT2D eigenvalue weighted by atomic mass is 32.1. The van der Waals surface area contributed by atoms with E-state index in [1.807, 2.05) is 41.1 Å². The molecule has 1 aliphatic rings. The van der Waals surface area contributed by atoms with Gasteiger partial charge in [-0.25, -0.2) is 4.98 Å². The van der Waals surface area contributed by atoms with Crippen LogP contribution < -0.4 is 10.6 Å². The third kappa shape index (κ3) is 5.10. The number of thiophene rings is 1. The van der Waals surface area contributed by atoms with Crippen molar-refractivity contribution in [2.24, 2.45) is 0 Å². The summed E-state index contributed by atoms with van der Waals surface area (Å²) in [5.74, 6) is 0.0710. The zero-order valence-corrected chi connectivity index (χ0v) is 17.7. The van der Waals surface area contributed by atoms with Gasteiger partial charge in [-0.2, -0.15) is 11.3 Å². The smallest absolute Gasteiger partial charge is 0.220 e. The molecule has 3 heterocycles. The van der Waals surface area contributed by atoms with Crippen molar-refractivity contribution < 1.29 is 9.59 Å². The molecule has 2 amide bonds. The molecule has 1 aliphatic heterocycles. The third-order valence-corrected chi connectivity index (χ3v) is 6.90. The minimum Gasteiger partial charge on any atom is -0.350 e. The van der Waals surface area contributed by atoms with E-state index in [0.29, 0.717) is 25.8 Å². The Balaban J connectivity index is 1.30. The van der Waals surface area contributed by atoms with Gasteiger partial charge < -0.3 is 10.6 Å². The molecule has 4 rings (SSSR count). The summed E-state index contributed by atoms with van der Waals surface area (Å²) < 4.78 is 0. The second-order valence-corrected chi connectivity index (χ2v) is 9.06. The Labute approximate surface area is 178 Å². The van der Waals surface area contributed by atoms with Crippen molar-refractivity contribution in [3.05, 3.63) is 63.8 Å². The van der Waals surface area contributed by atoms with Crippen molar-refractivity contribution in [2.75, 3.05) is 0 Å². The van der Waals surface area contributed by atoms with E-state index in [4.69, 9.17) is 0 Å². The highest BCUT2D eigenvalue weighted by Crippen LogP contribution is 2.30. The normalized spacial score (nSPS) is 18.6. The monoisotopic (exact) mass is 425 g/mol. The van der Waals surface area contributed by atoms with Crippen molar-refractivity contribution in [2.45, 2.75) is 44.2 Å². The van der Waals surface area contributed by atoms with E-state index in [9.17, 15) is 9.59 Å². The first-order chi connectivity index (χ1) is 14.1. The van der Waals surface area contributed by atoms with E-state index in [1.54, 1.807) is 22.7 Å². The molecule has 0 saturated carbocycles. The first kappa shape index (κ1) is 19.8. The fourth-order valence-corrected chi connectivity index (χ4v) is 5.19. The summed E-state index contributed by atoms with van der Waals surface area (Å²) in [6.07, 6.45) is 3.13. The predicted molar refractivity (Wildman–Crippen MR) is 117 cm³/mol. The number of benzene rings is 1. The molecule has 0 spiro atoms. The molecule has 1 fully saturated rings. The molecule has 3 aromatic rings. The molecule has 5 nitrogen and oxygen atoms in total. The van der Waals surface area contributed by atoms with Crippen LogP contribution in [0, 0.1) is 0 Å². The lowest BCUT2D eigenvalue weighted by Crippen LogP contribution is -2.44. The van der Waals surface area contributed by atoms with Crippen molar-refractivity contribution in [1.29, 1.82) is 0 Å². The minimum atomic E-state index is -0.309. The molecule has 1 atom stereocenters. The molecule has 0 unspecified atom stereocenters. The summed E-state index contributed by atoms with van der Waals surface area (Å²) in [7, 11) is 0. The van der Waals surface area contributed by atoms with Gasteiger partial charge >= 0.3 is 0 Å². The van der Waals surface area contributed by atoms with Crippen molar-refractivity contribution >= 4 is 34.5 Å². The van der Waals surface area contributed by atoms with Gasteiger partial charge in [-0.15, -0.1) is 11.3 Å². The van der Waals surface area contributed by atoms with Crippen LogP contribution in [0.4, 0.5) is 0 Å². The maximum absolute atomic E-state index is 12.4. The van der Waals surface area contributed by atoms with Crippen LogP contribution >= 0.6 is 22.7 Å². The number of rotatable bonds is 8. The Morgan fingerprint density at radius 1 is 1.21 bits per heavy atom. The van der Waals surface area contributed by atoms with Gasteiger partial charge in [0.05, 0.1) is 12.2 Å². The molecule has 0 bridgehead atoms. The Kier molecular flexibility index (Phi) is 6.06. The Hall–Kier alpha value is -2.51. The number of thiazole rings is 1. The molecule has 150 valence electrons. The topological polar surface area (TPSA) is 71.1 Å². The summed E-state index contributed by atoms with van der Waals surface area (Å²) in [5.41, 5.74) is 2.86. The van der Waals surface area contributed by atoms with Crippen LogP contribution in [0.5, 0.6) is 0 Å². The van der Waals surface area contributed by atoms with Gasteiger partial charge in [0.2, 0.25) is 11.8 Å². The number of nitrogens with one attached hydrogen (secondary N) is 2. The van der Waals surface area contributed by atoms with Gasteiger partial charge in [-0.3, -0.25) is 9.59 Å². The standard InChI is InChI=1S/C22H23N3O2S2/c26-19(23-13-18-15-29-21(24-18)17-4-2-1-3-5-17)6-9-22(10-7-20(27)25-22)12-16-8-11-28-14-16/h1-5,8,11,14-15H,6-7,9-10,12-13H2,(H,23,26)(H,25,27)/t22-/m0/s1. The predicted octanol–water partition coefficient (Wildman–Crippen LogP) is 4.16. The summed E-state index contributed by atoms with van der Waals surface area (Å²) in [6.45, 7) is 0.423. The third-order valence-electron chi connectivity index (χ3n) is 5.23. The van der Waals surface area contributed by atoms with E-state index >= 15 is 0 Å². The van der Waals surface area contributed by atoms with E-state index in [1.165, 1.54) is 5.56 Å². The molecule has 2 aromatic heterocycles. The first-order valence-electron chi connectivity index (χ1n) is 9.71. The van der Waals surface area contributed by atoms with Crippen molar-refractivity contribution in [1.82, 2.24) is 15.6 Å². The van der Waals surface area contributed by atoms with Crippen LogP contribution in [0.2, 0.25) is 0 Å². The second kappa shape index (κ2) is 8.88. The molecular weight excluding hydrogens is 402 g/mol. The number of carbonyl (C=O) groups is 2. The number of hydrogen-bond acceptors (Lipinski definition) is 5. The lowest BCUT2D eigenvalue weighted by molar-refractivity contribution is -0.122. The van der Waals surface area contributed by atoms with Gasteiger partial charge in [0.25, 0.3) is 0 Å². The Morgan fingerprint density at radius 2 is 2.07 bits per heavy atom. The van der Waals surface area contributed by atoms with E-state index in [-0.39, 0.29) is 17.4 Å². The zero-order chi connectivity index (χ0) is 20.1. The minimum absolute atomic E-state index is 0.00916. The van der Waals surface area contributed by atoms with E-state index in [0.717, 1.165) is 29.1 Å². The number of aromatic nitrogens is 1. The molecule has 0 aliphatic carbocycles. The number of amides is 2. The Bertz CT molecular complexity index is 969. The summed E-state index contributed by atoms with van der Waals surface area (Å²) in [5, 5.41) is 13.2. The fourth-order valence-electron chi connectivity index (χ4n) is 3.70. The van der Waals surface area contributed by atoms with Gasteiger partial charge in [-0.1, -0.05) is 30.3 Å². The van der Waals surface area contributed by atoms with Gasteiger partial charge in [0.1, 0.15) is 5.01 Å². The highest BCUT2D eigenvalue weighted by Gasteiger charge is 2.37. The molecular formula is C22H23N3O2S2. The van der Waals surface area contributed by atoms with Crippen molar-refractivity contribution in [3.8, 4) is 10.6 Å². The average molecular weight is 426 g/mol. The van der Waals surface area contributed by atoms with Gasteiger partial charge in [-0.05, 0) is 41.7 Å². The molecule has 1 aromatic carbocycles. The second-order valence-electron chi connectivity index (χ2n) is 7.42. The number of carbonyl (C=O) groups excluding carboxylic acids is 2. The number of hydrogen-bond donors (Lipinski definition) is 2. The quantitative estimate of drug-likeness (QED) is 0.569. The van der Waals surface area contributed by atoms with Crippen LogP contribution in [-0.2, 0) is 22.6 Å². The van der Waals surface area contributed by atoms with E-state index in [2.05, 4.69) is 27.1 Å². The van der Waals surface area contributed by atoms with Crippen LogP contribution in [0.15, 0.2) is 52.5 Å². The van der Waals surface area contributed by atoms with Crippen LogP contribution in [0.25, 0.3) is 10.6 Å². The van der Waals surface area contributed by atoms with Crippen LogP contribution in [-0.4, -0.2) is 22.3 Å². The Morgan fingerprint density at radius 3 is 2.79 bits per heavy atom. The van der Waals surface area contributed by atoms with E-state index < -0.39 is 0 Å². The zero-order valence-electron chi connectivity index (χ0n) is 16.0. The van der Waals surface area contributed by atoms with Crippen LogP contribution in [0.3, 0.4) is 0 Å². The lowest BCUT2D eigenvalue weighted by atomic mass is 9.85. The number of nitrogens with zero attached hydrogens (tertiary/aromatic N) is 1.